The Hall–Kier alpha value is -1.32. The van der Waals surface area contributed by atoms with E-state index in [2.05, 4.69) is 0 Å². The maximum Gasteiger partial charge on any atom is 0.137 e. The van der Waals surface area contributed by atoms with Gasteiger partial charge in [0.05, 0.1) is 0 Å². The molecule has 1 rings (SSSR count). The number of halogens is 3. The average Bonchev–Trinajstić information content (AvgIpc) is 2.10. The van der Waals surface area contributed by atoms with Gasteiger partial charge in [0.25, 0.3) is 0 Å². The van der Waals surface area contributed by atoms with Crippen LogP contribution < -0.4 is 0 Å². The van der Waals surface area contributed by atoms with E-state index in [9.17, 15) is 18.0 Å². The normalized spacial score (nSPS) is 10.3. The molecule has 0 aliphatic heterocycles. The van der Waals surface area contributed by atoms with Crippen LogP contribution >= 0.6 is 0 Å². The van der Waals surface area contributed by atoms with E-state index in [1.54, 1.807) is 6.92 Å². The van der Waals surface area contributed by atoms with Crippen LogP contribution in [0.1, 0.15) is 18.9 Å². The van der Waals surface area contributed by atoms with Gasteiger partial charge in [-0.05, 0) is 0 Å². The molecule has 0 radical (unpaired) electrons. The molecule has 0 aliphatic carbocycles. The lowest BCUT2D eigenvalue weighted by molar-refractivity contribution is -0.118. The summed E-state index contributed by atoms with van der Waals surface area (Å²) in [6.07, 6.45) is -0.120. The van der Waals surface area contributed by atoms with E-state index in [4.69, 9.17) is 0 Å². The fourth-order valence-electron chi connectivity index (χ4n) is 1.06. The minimum absolute atomic E-state index is 0.205. The van der Waals surface area contributed by atoms with Gasteiger partial charge < -0.3 is 0 Å². The summed E-state index contributed by atoms with van der Waals surface area (Å²) in [5, 5.41) is 0. The second-order valence-electron chi connectivity index (χ2n) is 2.92. The van der Waals surface area contributed by atoms with Crippen LogP contribution in [0.2, 0.25) is 0 Å². The van der Waals surface area contributed by atoms with Crippen molar-refractivity contribution >= 4 is 5.78 Å². The maximum atomic E-state index is 13.0. The molecular weight excluding hydrogens is 193 g/mol. The van der Waals surface area contributed by atoms with Crippen molar-refractivity contribution in [1.82, 2.24) is 0 Å². The summed E-state index contributed by atoms with van der Waals surface area (Å²) in [7, 11) is 0. The molecule has 0 atom stereocenters. The Morgan fingerprint density at radius 3 is 2.14 bits per heavy atom. The van der Waals surface area contributed by atoms with Gasteiger partial charge in [-0.15, -0.1) is 0 Å². The van der Waals surface area contributed by atoms with E-state index in [0.29, 0.717) is 12.1 Å². The molecule has 0 N–H and O–H groups in total. The first-order valence-corrected chi connectivity index (χ1v) is 4.19. The number of rotatable bonds is 3. The molecule has 0 spiro atoms. The van der Waals surface area contributed by atoms with Crippen molar-refractivity contribution in [2.75, 3.05) is 0 Å². The first kappa shape index (κ1) is 10.8. The molecule has 14 heavy (non-hydrogen) atoms. The lowest BCUT2D eigenvalue weighted by Crippen LogP contribution is -2.05. The topological polar surface area (TPSA) is 17.1 Å². The highest BCUT2D eigenvalue weighted by molar-refractivity contribution is 5.80. The highest BCUT2D eigenvalue weighted by atomic mass is 19.1. The highest BCUT2D eigenvalue weighted by Gasteiger charge is 2.13. The smallest absolute Gasteiger partial charge is 0.137 e. The van der Waals surface area contributed by atoms with Crippen LogP contribution in [-0.2, 0) is 11.2 Å². The molecule has 0 heterocycles. The van der Waals surface area contributed by atoms with E-state index in [1.165, 1.54) is 0 Å². The monoisotopic (exact) mass is 202 g/mol. The van der Waals surface area contributed by atoms with Crippen molar-refractivity contribution in [2.24, 2.45) is 0 Å². The molecule has 0 aromatic heterocycles. The second-order valence-corrected chi connectivity index (χ2v) is 2.92. The van der Waals surface area contributed by atoms with Crippen LogP contribution in [-0.4, -0.2) is 5.78 Å². The summed E-state index contributed by atoms with van der Waals surface area (Å²) >= 11 is 0. The summed E-state index contributed by atoms with van der Waals surface area (Å²) in [6.45, 7) is 1.60. The van der Waals surface area contributed by atoms with Crippen LogP contribution in [0, 0.1) is 17.5 Å². The molecule has 0 bridgehead atoms. The van der Waals surface area contributed by atoms with Crippen molar-refractivity contribution in [3.8, 4) is 0 Å². The van der Waals surface area contributed by atoms with Crippen molar-refractivity contribution in [3.05, 3.63) is 35.1 Å². The lowest BCUT2D eigenvalue weighted by atomic mass is 10.1. The van der Waals surface area contributed by atoms with E-state index in [0.717, 1.165) is 0 Å². The van der Waals surface area contributed by atoms with E-state index in [1.807, 2.05) is 0 Å². The summed E-state index contributed by atoms with van der Waals surface area (Å²) < 4.78 is 38.4. The minimum atomic E-state index is -1.01. The Morgan fingerprint density at radius 1 is 1.21 bits per heavy atom. The van der Waals surface area contributed by atoms with Gasteiger partial charge in [0, 0.05) is 30.5 Å². The van der Waals surface area contributed by atoms with Gasteiger partial charge in [-0.1, -0.05) is 6.92 Å². The zero-order valence-corrected chi connectivity index (χ0v) is 7.61. The molecule has 1 aromatic rings. The first-order chi connectivity index (χ1) is 6.54. The third kappa shape index (κ3) is 2.34. The van der Waals surface area contributed by atoms with Crippen molar-refractivity contribution < 1.29 is 18.0 Å². The van der Waals surface area contributed by atoms with Crippen molar-refractivity contribution in [3.63, 3.8) is 0 Å². The third-order valence-electron chi connectivity index (χ3n) is 1.87. The Kier molecular flexibility index (Phi) is 3.28. The fourth-order valence-corrected chi connectivity index (χ4v) is 1.06. The molecule has 0 unspecified atom stereocenters. The van der Waals surface area contributed by atoms with Crippen LogP contribution in [0.4, 0.5) is 13.2 Å². The summed E-state index contributed by atoms with van der Waals surface area (Å²) in [6, 6.07) is 1.14. The van der Waals surface area contributed by atoms with Gasteiger partial charge in [-0.3, -0.25) is 4.79 Å². The van der Waals surface area contributed by atoms with E-state index < -0.39 is 17.5 Å². The number of Topliss-reactive ketones (excluding diaryl/α,β-unsaturated/α-hetero) is 1. The summed E-state index contributed by atoms with van der Waals surface area (Å²) in [4.78, 5) is 10.9. The molecule has 1 nitrogen and oxygen atoms in total. The molecule has 0 saturated carbocycles. The standard InChI is InChI=1S/C10H9F3O/c1-2-7(14)5-8-9(12)3-6(11)4-10(8)13/h3-4H,2,5H2,1H3. The van der Waals surface area contributed by atoms with Crippen LogP contribution in [0.3, 0.4) is 0 Å². The quantitative estimate of drug-likeness (QED) is 0.736. The largest absolute Gasteiger partial charge is 0.299 e. The molecule has 0 saturated heterocycles. The average molecular weight is 202 g/mol. The van der Waals surface area contributed by atoms with Gasteiger partial charge in [-0.25, -0.2) is 13.2 Å². The Morgan fingerprint density at radius 2 is 1.71 bits per heavy atom. The lowest BCUT2D eigenvalue weighted by Gasteiger charge is -2.03. The molecule has 0 fully saturated rings. The predicted molar refractivity (Wildman–Crippen MR) is 45.3 cm³/mol. The van der Waals surface area contributed by atoms with E-state index >= 15 is 0 Å². The Bertz CT molecular complexity index is 337. The SMILES string of the molecule is CCC(=O)Cc1c(F)cc(F)cc1F. The van der Waals surface area contributed by atoms with Crippen LogP contribution in [0.15, 0.2) is 12.1 Å². The van der Waals surface area contributed by atoms with Crippen molar-refractivity contribution in [2.45, 2.75) is 19.8 Å². The molecular formula is C10H9F3O. The molecule has 0 aliphatic rings. The summed E-state index contributed by atoms with van der Waals surface area (Å²) in [5.74, 6) is -3.28. The molecule has 4 heteroatoms. The number of carbonyl (C=O) groups excluding carboxylic acids is 1. The minimum Gasteiger partial charge on any atom is -0.299 e. The highest BCUT2D eigenvalue weighted by Crippen LogP contribution is 2.15. The number of hydrogen-bond acceptors (Lipinski definition) is 1. The van der Waals surface area contributed by atoms with Gasteiger partial charge in [0.15, 0.2) is 0 Å². The van der Waals surface area contributed by atoms with Gasteiger partial charge in [0.2, 0.25) is 0 Å². The number of ketones is 1. The third-order valence-corrected chi connectivity index (χ3v) is 1.87. The van der Waals surface area contributed by atoms with Gasteiger partial charge >= 0.3 is 0 Å². The summed E-state index contributed by atoms with van der Waals surface area (Å²) in [5.41, 5.74) is -0.363. The zero-order valence-electron chi connectivity index (χ0n) is 7.61. The fraction of sp³-hybridized carbons (Fsp3) is 0.300. The van der Waals surface area contributed by atoms with Crippen LogP contribution in [0.25, 0.3) is 0 Å². The second kappa shape index (κ2) is 4.26. The van der Waals surface area contributed by atoms with E-state index in [-0.39, 0.29) is 24.2 Å². The van der Waals surface area contributed by atoms with Crippen LogP contribution in [0.5, 0.6) is 0 Å². The predicted octanol–water partition coefficient (Wildman–Crippen LogP) is 2.63. The molecule has 1 aromatic carbocycles. The number of benzene rings is 1. The molecule has 76 valence electrons. The van der Waals surface area contributed by atoms with Gasteiger partial charge in [0.1, 0.15) is 23.2 Å². The number of carbonyl (C=O) groups is 1. The van der Waals surface area contributed by atoms with Crippen molar-refractivity contribution in [1.29, 1.82) is 0 Å². The Balaban J connectivity index is 3.02. The maximum absolute atomic E-state index is 13.0. The Labute approximate surface area is 79.5 Å². The molecule has 0 amide bonds. The first-order valence-electron chi connectivity index (χ1n) is 4.19. The zero-order chi connectivity index (χ0) is 10.7. The number of hydrogen-bond donors (Lipinski definition) is 0. The van der Waals surface area contributed by atoms with Gasteiger partial charge in [-0.2, -0.15) is 0 Å².